The van der Waals surface area contributed by atoms with E-state index in [1.54, 1.807) is 18.4 Å². The number of carbonyl (C=O) groups is 1. The highest BCUT2D eigenvalue weighted by Crippen LogP contribution is 2.30. The lowest BCUT2D eigenvalue weighted by Gasteiger charge is -2.12. The van der Waals surface area contributed by atoms with Crippen molar-refractivity contribution in [2.45, 2.75) is 26.4 Å². The number of nitrogens with one attached hydrogen (secondary N) is 1. The molecular weight excluding hydrogens is 415 g/mol. The molecule has 4 rings (SSSR count). The van der Waals surface area contributed by atoms with Crippen molar-refractivity contribution >= 4 is 28.7 Å². The van der Waals surface area contributed by atoms with Gasteiger partial charge in [-0.25, -0.2) is 9.50 Å². The predicted octanol–water partition coefficient (Wildman–Crippen LogP) is 4.67. The van der Waals surface area contributed by atoms with Crippen LogP contribution in [0.3, 0.4) is 0 Å². The van der Waals surface area contributed by atoms with E-state index >= 15 is 0 Å². The first-order chi connectivity index (χ1) is 14.2. The second kappa shape index (κ2) is 7.52. The molecule has 0 radical (unpaired) electrons. The Labute approximate surface area is 173 Å². The molecular formula is C20H16F3N5OS. The lowest BCUT2D eigenvalue weighted by Crippen LogP contribution is -2.18. The lowest BCUT2D eigenvalue weighted by molar-refractivity contribution is -0.137. The van der Waals surface area contributed by atoms with Gasteiger partial charge >= 0.3 is 6.18 Å². The Morgan fingerprint density at radius 3 is 2.67 bits per heavy atom. The number of aromatic nitrogens is 4. The number of nitrogens with zero attached hydrogens (tertiary/aromatic N) is 4. The molecule has 4 aromatic rings. The van der Waals surface area contributed by atoms with Crippen LogP contribution in [0.25, 0.3) is 16.5 Å². The summed E-state index contributed by atoms with van der Waals surface area (Å²) in [5, 5.41) is 8.93. The zero-order valence-electron chi connectivity index (χ0n) is 16.0. The Bertz CT molecular complexity index is 1230. The van der Waals surface area contributed by atoms with Crippen molar-refractivity contribution in [1.82, 2.24) is 19.6 Å². The largest absolute Gasteiger partial charge is 0.416 e. The number of halogens is 3. The number of amides is 1. The summed E-state index contributed by atoms with van der Waals surface area (Å²) in [6, 6.07) is 8.34. The van der Waals surface area contributed by atoms with E-state index in [1.165, 1.54) is 23.5 Å². The van der Waals surface area contributed by atoms with Crippen LogP contribution in [-0.2, 0) is 17.4 Å². The van der Waals surface area contributed by atoms with E-state index in [1.807, 2.05) is 17.5 Å². The maximum Gasteiger partial charge on any atom is 0.416 e. The second-order valence-corrected chi connectivity index (χ2v) is 7.64. The maximum atomic E-state index is 12.9. The summed E-state index contributed by atoms with van der Waals surface area (Å²) >= 11 is 1.51. The highest BCUT2D eigenvalue weighted by atomic mass is 32.1. The molecule has 0 atom stereocenters. The first kappa shape index (κ1) is 20.0. The Hall–Kier alpha value is -3.27. The summed E-state index contributed by atoms with van der Waals surface area (Å²) in [4.78, 5) is 22.3. The summed E-state index contributed by atoms with van der Waals surface area (Å²) in [7, 11) is 0. The van der Waals surface area contributed by atoms with Crippen LogP contribution >= 0.6 is 11.3 Å². The molecule has 0 spiro atoms. The van der Waals surface area contributed by atoms with Crippen molar-refractivity contribution in [3.8, 4) is 10.7 Å². The monoisotopic (exact) mass is 431 g/mol. The van der Waals surface area contributed by atoms with Gasteiger partial charge < -0.3 is 5.32 Å². The third-order valence-corrected chi connectivity index (χ3v) is 5.47. The van der Waals surface area contributed by atoms with Crippen LogP contribution in [0.2, 0.25) is 0 Å². The molecule has 1 N–H and O–H groups in total. The van der Waals surface area contributed by atoms with Gasteiger partial charge in [0.15, 0.2) is 5.82 Å². The van der Waals surface area contributed by atoms with Gasteiger partial charge in [0.25, 0.3) is 5.78 Å². The van der Waals surface area contributed by atoms with Crippen LogP contribution in [0.5, 0.6) is 0 Å². The molecule has 6 nitrogen and oxygen atoms in total. The Balaban J connectivity index is 1.60. The van der Waals surface area contributed by atoms with Crippen molar-refractivity contribution in [2.75, 3.05) is 5.32 Å². The summed E-state index contributed by atoms with van der Waals surface area (Å²) in [5.41, 5.74) is 1.23. The van der Waals surface area contributed by atoms with E-state index in [4.69, 9.17) is 0 Å². The van der Waals surface area contributed by atoms with Crippen molar-refractivity contribution in [2.24, 2.45) is 0 Å². The van der Waals surface area contributed by atoms with E-state index in [0.29, 0.717) is 28.6 Å². The van der Waals surface area contributed by atoms with Crippen LogP contribution in [-0.4, -0.2) is 25.5 Å². The number of hydrogen-bond acceptors (Lipinski definition) is 5. The highest BCUT2D eigenvalue weighted by Gasteiger charge is 2.30. The fraction of sp³-hybridized carbons (Fsp3) is 0.200. The summed E-state index contributed by atoms with van der Waals surface area (Å²) < 4.78 is 40.2. The van der Waals surface area contributed by atoms with Crippen LogP contribution in [0.1, 0.15) is 22.5 Å². The lowest BCUT2D eigenvalue weighted by atomic mass is 10.1. The normalized spacial score (nSPS) is 11.8. The van der Waals surface area contributed by atoms with Gasteiger partial charge in [0, 0.05) is 22.6 Å². The van der Waals surface area contributed by atoms with Gasteiger partial charge in [-0.3, -0.25) is 4.79 Å². The van der Waals surface area contributed by atoms with Gasteiger partial charge in [-0.05, 0) is 43.5 Å². The predicted molar refractivity (Wildman–Crippen MR) is 107 cm³/mol. The molecule has 0 saturated heterocycles. The fourth-order valence-electron chi connectivity index (χ4n) is 3.11. The van der Waals surface area contributed by atoms with E-state index in [0.717, 1.165) is 17.0 Å². The topological polar surface area (TPSA) is 72.2 Å². The quantitative estimate of drug-likeness (QED) is 0.510. The minimum atomic E-state index is -4.48. The SMILES string of the molecule is Cc1nc2nc(-c3cccs3)nn2c(C)c1CC(=O)Nc1cccc(C(F)(F)F)c1. The molecule has 3 aromatic heterocycles. The Morgan fingerprint density at radius 1 is 1.17 bits per heavy atom. The molecule has 154 valence electrons. The fourth-order valence-corrected chi connectivity index (χ4v) is 3.77. The van der Waals surface area contributed by atoms with E-state index in [-0.39, 0.29) is 12.1 Å². The number of benzene rings is 1. The third kappa shape index (κ3) is 3.90. The van der Waals surface area contributed by atoms with Gasteiger partial charge in [-0.15, -0.1) is 16.4 Å². The van der Waals surface area contributed by atoms with Crippen LogP contribution in [0.15, 0.2) is 41.8 Å². The van der Waals surface area contributed by atoms with E-state index in [2.05, 4.69) is 20.4 Å². The van der Waals surface area contributed by atoms with E-state index in [9.17, 15) is 18.0 Å². The van der Waals surface area contributed by atoms with Crippen LogP contribution < -0.4 is 5.32 Å². The van der Waals surface area contributed by atoms with E-state index < -0.39 is 17.6 Å². The molecule has 1 amide bonds. The minimum absolute atomic E-state index is 0.0505. The number of anilines is 1. The average molecular weight is 431 g/mol. The van der Waals surface area contributed by atoms with Gasteiger partial charge in [0.2, 0.25) is 5.91 Å². The molecule has 0 aliphatic rings. The third-order valence-electron chi connectivity index (χ3n) is 4.60. The van der Waals surface area contributed by atoms with Crippen molar-refractivity contribution in [1.29, 1.82) is 0 Å². The number of alkyl halides is 3. The highest BCUT2D eigenvalue weighted by molar-refractivity contribution is 7.13. The maximum absolute atomic E-state index is 12.9. The first-order valence-corrected chi connectivity index (χ1v) is 9.84. The molecule has 0 bridgehead atoms. The second-order valence-electron chi connectivity index (χ2n) is 6.69. The zero-order valence-corrected chi connectivity index (χ0v) is 16.8. The number of thiophene rings is 1. The van der Waals surface area contributed by atoms with Gasteiger partial charge in [-0.2, -0.15) is 18.2 Å². The number of fused-ring (bicyclic) bond motifs is 1. The van der Waals surface area contributed by atoms with Crippen molar-refractivity contribution in [3.63, 3.8) is 0 Å². The molecule has 0 fully saturated rings. The summed E-state index contributed by atoms with van der Waals surface area (Å²) in [6.07, 6.45) is -4.53. The standard InChI is InChI=1S/C20H16F3N5OS/c1-11-15(10-17(29)25-14-6-3-5-13(9-14)20(21,22)23)12(2)28-19(24-11)26-18(27-28)16-7-4-8-30-16/h3-9H,10H2,1-2H3,(H,25,29). The van der Waals surface area contributed by atoms with Crippen LogP contribution in [0, 0.1) is 13.8 Å². The molecule has 0 aliphatic heterocycles. The summed E-state index contributed by atoms with van der Waals surface area (Å²) in [5.74, 6) is 0.529. The molecule has 0 saturated carbocycles. The Morgan fingerprint density at radius 2 is 1.97 bits per heavy atom. The average Bonchev–Trinajstić information content (AvgIpc) is 3.34. The molecule has 3 heterocycles. The van der Waals surface area contributed by atoms with Crippen LogP contribution in [0.4, 0.5) is 18.9 Å². The molecule has 0 unspecified atom stereocenters. The van der Waals surface area contributed by atoms with Gasteiger partial charge in [-0.1, -0.05) is 12.1 Å². The smallest absolute Gasteiger partial charge is 0.326 e. The number of rotatable bonds is 4. The molecule has 30 heavy (non-hydrogen) atoms. The van der Waals surface area contributed by atoms with Crippen molar-refractivity contribution < 1.29 is 18.0 Å². The van der Waals surface area contributed by atoms with Gasteiger partial charge in [0.05, 0.1) is 16.9 Å². The van der Waals surface area contributed by atoms with Crippen molar-refractivity contribution in [3.05, 3.63) is 64.3 Å². The minimum Gasteiger partial charge on any atom is -0.326 e. The molecule has 0 aliphatic carbocycles. The molecule has 10 heteroatoms. The summed E-state index contributed by atoms with van der Waals surface area (Å²) in [6.45, 7) is 3.57. The molecule has 1 aromatic carbocycles. The Kier molecular flexibility index (Phi) is 5.02. The number of hydrogen-bond donors (Lipinski definition) is 1. The number of aryl methyl sites for hydroxylation is 2. The first-order valence-electron chi connectivity index (χ1n) is 8.96. The zero-order chi connectivity index (χ0) is 21.5. The van der Waals surface area contributed by atoms with Gasteiger partial charge in [0.1, 0.15) is 0 Å². The number of carbonyl (C=O) groups excluding carboxylic acids is 1.